The van der Waals surface area contributed by atoms with E-state index in [2.05, 4.69) is 4.72 Å². The lowest BCUT2D eigenvalue weighted by Crippen LogP contribution is -2.59. The third-order valence-electron chi connectivity index (χ3n) is 5.08. The standard InChI is InChI=1S/C21H24FN3O5S/c22-18-8-6-15(7-9-18)10-17(20(23)26)11-24-31(28,29)19-12-25(13-19)21(27)30-14-16-4-2-1-3-5-16/h1-9,17,19,24H,10-14H2,(H2,23,26). The molecule has 1 aliphatic rings. The summed E-state index contributed by atoms with van der Waals surface area (Å²) in [6.45, 7) is -0.0656. The van der Waals surface area contributed by atoms with Crippen LogP contribution in [0.25, 0.3) is 0 Å². The van der Waals surface area contributed by atoms with Gasteiger partial charge in [-0.15, -0.1) is 0 Å². The van der Waals surface area contributed by atoms with Crippen LogP contribution in [-0.4, -0.2) is 50.2 Å². The monoisotopic (exact) mass is 449 g/mol. The number of likely N-dealkylation sites (tertiary alicyclic amines) is 1. The van der Waals surface area contributed by atoms with Crippen LogP contribution in [0.2, 0.25) is 0 Å². The highest BCUT2D eigenvalue weighted by molar-refractivity contribution is 7.90. The normalized spacial score (nSPS) is 15.2. The van der Waals surface area contributed by atoms with Gasteiger partial charge in [-0.1, -0.05) is 42.5 Å². The molecule has 31 heavy (non-hydrogen) atoms. The number of primary amides is 1. The Morgan fingerprint density at radius 1 is 1.10 bits per heavy atom. The number of benzene rings is 2. The molecule has 1 unspecified atom stereocenters. The number of nitrogens with two attached hydrogens (primary N) is 1. The molecule has 2 amide bonds. The van der Waals surface area contributed by atoms with Crippen molar-refractivity contribution in [1.82, 2.24) is 9.62 Å². The Labute approximate surface area is 180 Å². The second kappa shape index (κ2) is 9.88. The number of nitrogens with one attached hydrogen (secondary N) is 1. The molecule has 2 aromatic rings. The van der Waals surface area contributed by atoms with Crippen molar-refractivity contribution in [3.63, 3.8) is 0 Å². The first-order valence-corrected chi connectivity index (χ1v) is 11.3. The first-order valence-electron chi connectivity index (χ1n) is 9.72. The van der Waals surface area contributed by atoms with Crippen LogP contribution in [0.4, 0.5) is 9.18 Å². The van der Waals surface area contributed by atoms with E-state index < -0.39 is 39.0 Å². The second-order valence-corrected chi connectivity index (χ2v) is 9.44. The van der Waals surface area contributed by atoms with Crippen molar-refractivity contribution < 1.29 is 27.1 Å². The molecule has 3 rings (SSSR count). The van der Waals surface area contributed by atoms with E-state index in [-0.39, 0.29) is 32.7 Å². The molecule has 166 valence electrons. The largest absolute Gasteiger partial charge is 0.445 e. The van der Waals surface area contributed by atoms with Gasteiger partial charge in [0.25, 0.3) is 0 Å². The van der Waals surface area contributed by atoms with Crippen LogP contribution in [-0.2, 0) is 32.6 Å². The minimum atomic E-state index is -3.75. The Morgan fingerprint density at radius 2 is 1.74 bits per heavy atom. The van der Waals surface area contributed by atoms with E-state index in [1.807, 2.05) is 30.3 Å². The van der Waals surface area contributed by atoms with Crippen molar-refractivity contribution in [2.24, 2.45) is 11.7 Å². The lowest BCUT2D eigenvalue weighted by molar-refractivity contribution is -0.121. The molecular formula is C21H24FN3O5S. The molecule has 0 radical (unpaired) electrons. The summed E-state index contributed by atoms with van der Waals surface area (Å²) in [5.74, 6) is -1.85. The Kier molecular flexibility index (Phi) is 7.24. The number of rotatable bonds is 9. The van der Waals surface area contributed by atoms with Gasteiger partial charge in [-0.2, -0.15) is 0 Å². The van der Waals surface area contributed by atoms with Crippen LogP contribution in [0.3, 0.4) is 0 Å². The molecule has 0 saturated carbocycles. The summed E-state index contributed by atoms with van der Waals surface area (Å²) in [4.78, 5) is 25.1. The lowest BCUT2D eigenvalue weighted by Gasteiger charge is -2.37. The second-order valence-electron chi connectivity index (χ2n) is 7.39. The molecule has 0 aromatic heterocycles. The molecule has 2 aromatic carbocycles. The fourth-order valence-electron chi connectivity index (χ4n) is 3.11. The number of hydrogen-bond acceptors (Lipinski definition) is 5. The maximum Gasteiger partial charge on any atom is 0.410 e. The van der Waals surface area contributed by atoms with E-state index in [1.54, 1.807) is 0 Å². The fraction of sp³-hybridized carbons (Fsp3) is 0.333. The highest BCUT2D eigenvalue weighted by Gasteiger charge is 2.40. The smallest absolute Gasteiger partial charge is 0.410 e. The minimum Gasteiger partial charge on any atom is -0.445 e. The van der Waals surface area contributed by atoms with Gasteiger partial charge in [0.2, 0.25) is 15.9 Å². The van der Waals surface area contributed by atoms with Crippen molar-refractivity contribution in [1.29, 1.82) is 0 Å². The summed E-state index contributed by atoms with van der Waals surface area (Å²) in [6, 6.07) is 14.7. The Bertz CT molecular complexity index is 1010. The zero-order valence-corrected chi connectivity index (χ0v) is 17.6. The van der Waals surface area contributed by atoms with E-state index in [4.69, 9.17) is 10.5 Å². The van der Waals surface area contributed by atoms with Gasteiger partial charge < -0.3 is 15.4 Å². The van der Waals surface area contributed by atoms with Crippen molar-refractivity contribution in [3.8, 4) is 0 Å². The first kappa shape index (κ1) is 22.7. The summed E-state index contributed by atoms with van der Waals surface area (Å²) >= 11 is 0. The predicted molar refractivity (Wildman–Crippen MR) is 112 cm³/mol. The maximum atomic E-state index is 13.0. The number of amides is 2. The van der Waals surface area contributed by atoms with Crippen LogP contribution in [0.15, 0.2) is 54.6 Å². The number of nitrogens with zero attached hydrogens (tertiary/aromatic N) is 1. The van der Waals surface area contributed by atoms with Gasteiger partial charge in [0, 0.05) is 19.6 Å². The van der Waals surface area contributed by atoms with E-state index in [1.165, 1.54) is 29.2 Å². The van der Waals surface area contributed by atoms with Crippen LogP contribution in [0, 0.1) is 11.7 Å². The predicted octanol–water partition coefficient (Wildman–Crippen LogP) is 1.41. The quantitative estimate of drug-likeness (QED) is 0.600. The SMILES string of the molecule is NC(=O)C(CNS(=O)(=O)C1CN(C(=O)OCc2ccccc2)C1)Cc1ccc(F)cc1. The highest BCUT2D eigenvalue weighted by atomic mass is 32.2. The van der Waals surface area contributed by atoms with E-state index in [0.29, 0.717) is 5.56 Å². The third kappa shape index (κ3) is 6.25. The van der Waals surface area contributed by atoms with Crippen LogP contribution >= 0.6 is 0 Å². The summed E-state index contributed by atoms with van der Waals surface area (Å²) in [5, 5.41) is -0.795. The molecule has 1 saturated heterocycles. The number of carbonyl (C=O) groups excluding carboxylic acids is 2. The van der Waals surface area contributed by atoms with Crippen molar-refractivity contribution in [2.45, 2.75) is 18.3 Å². The molecule has 10 heteroatoms. The Hall–Kier alpha value is -2.98. The van der Waals surface area contributed by atoms with Gasteiger partial charge in [0.1, 0.15) is 17.7 Å². The summed E-state index contributed by atoms with van der Waals surface area (Å²) in [7, 11) is -3.75. The van der Waals surface area contributed by atoms with Gasteiger partial charge >= 0.3 is 6.09 Å². The van der Waals surface area contributed by atoms with Crippen LogP contribution < -0.4 is 10.5 Å². The van der Waals surface area contributed by atoms with Crippen molar-refractivity contribution >= 4 is 22.0 Å². The van der Waals surface area contributed by atoms with E-state index >= 15 is 0 Å². The zero-order chi connectivity index (χ0) is 22.4. The molecule has 0 spiro atoms. The topological polar surface area (TPSA) is 119 Å². The van der Waals surface area contributed by atoms with E-state index in [9.17, 15) is 22.4 Å². The summed E-state index contributed by atoms with van der Waals surface area (Å²) in [5.41, 5.74) is 6.89. The van der Waals surface area contributed by atoms with Crippen molar-refractivity contribution in [3.05, 3.63) is 71.5 Å². The Morgan fingerprint density at radius 3 is 2.35 bits per heavy atom. The molecule has 0 bridgehead atoms. The number of halogens is 1. The highest BCUT2D eigenvalue weighted by Crippen LogP contribution is 2.18. The third-order valence-corrected chi connectivity index (χ3v) is 6.82. The van der Waals surface area contributed by atoms with E-state index in [0.717, 1.165) is 5.56 Å². The molecular weight excluding hydrogens is 425 g/mol. The number of ether oxygens (including phenoxy) is 1. The first-order chi connectivity index (χ1) is 14.7. The van der Waals surface area contributed by atoms with Gasteiger partial charge in [-0.25, -0.2) is 22.3 Å². The minimum absolute atomic E-state index is 0.00214. The fourth-order valence-corrected chi connectivity index (χ4v) is 4.53. The van der Waals surface area contributed by atoms with Crippen molar-refractivity contribution in [2.75, 3.05) is 19.6 Å². The number of carbonyl (C=O) groups is 2. The average molecular weight is 450 g/mol. The molecule has 0 aliphatic carbocycles. The summed E-state index contributed by atoms with van der Waals surface area (Å²) < 4.78 is 45.6. The van der Waals surface area contributed by atoms with Gasteiger partial charge in [0.15, 0.2) is 0 Å². The van der Waals surface area contributed by atoms with Crippen LogP contribution in [0.1, 0.15) is 11.1 Å². The van der Waals surface area contributed by atoms with Gasteiger partial charge in [0.05, 0.1) is 5.92 Å². The molecule has 1 heterocycles. The Balaban J connectivity index is 1.46. The van der Waals surface area contributed by atoms with Gasteiger partial charge in [-0.05, 0) is 29.7 Å². The molecule has 3 N–H and O–H groups in total. The zero-order valence-electron chi connectivity index (χ0n) is 16.7. The molecule has 1 atom stereocenters. The molecule has 1 aliphatic heterocycles. The number of hydrogen-bond donors (Lipinski definition) is 2. The lowest BCUT2D eigenvalue weighted by atomic mass is 9.99. The number of sulfonamides is 1. The molecule has 8 nitrogen and oxygen atoms in total. The average Bonchev–Trinajstić information content (AvgIpc) is 2.70. The van der Waals surface area contributed by atoms with Gasteiger partial charge in [-0.3, -0.25) is 4.79 Å². The summed E-state index contributed by atoms with van der Waals surface area (Å²) in [6.07, 6.45) is -0.401. The van der Waals surface area contributed by atoms with Crippen LogP contribution in [0.5, 0.6) is 0 Å². The maximum absolute atomic E-state index is 13.0. The molecule has 1 fully saturated rings.